The van der Waals surface area contributed by atoms with E-state index in [0.29, 0.717) is 0 Å². The maximum absolute atomic E-state index is 13.9. The maximum atomic E-state index is 13.9. The Balaban J connectivity index is 1.82. The SMILES string of the molecule is CCC/C=C/c1ccc2c(c1)CCC(C#Cc1cc(F)c(N=C=S)c(F)c1)=C2. The quantitative estimate of drug-likeness (QED) is 0.314. The lowest BCUT2D eigenvalue weighted by Crippen LogP contribution is -1.98. The molecule has 3 rings (SSSR count). The molecule has 140 valence electrons. The number of thiocarbonyl (C=S) groups is 1. The van der Waals surface area contributed by atoms with Gasteiger partial charge >= 0.3 is 0 Å². The van der Waals surface area contributed by atoms with Crippen molar-refractivity contribution >= 4 is 35.2 Å². The number of hydrogen-bond donors (Lipinski definition) is 0. The Kier molecular flexibility index (Phi) is 6.66. The number of aliphatic imine (C=N–C) groups is 1. The summed E-state index contributed by atoms with van der Waals surface area (Å²) >= 11 is 4.40. The first-order valence-corrected chi connectivity index (χ1v) is 9.60. The molecule has 0 bridgehead atoms. The first-order valence-electron chi connectivity index (χ1n) is 9.19. The molecule has 0 fully saturated rings. The van der Waals surface area contributed by atoms with Gasteiger partial charge in [-0.25, -0.2) is 8.78 Å². The Bertz CT molecular complexity index is 1040. The topological polar surface area (TPSA) is 12.4 Å². The Morgan fingerprint density at radius 3 is 2.61 bits per heavy atom. The predicted molar refractivity (Wildman–Crippen MR) is 115 cm³/mol. The molecule has 28 heavy (non-hydrogen) atoms. The second-order valence-electron chi connectivity index (χ2n) is 6.56. The third-order valence-electron chi connectivity index (χ3n) is 4.47. The number of unbranched alkanes of at least 4 members (excludes halogenated alkanes) is 1. The summed E-state index contributed by atoms with van der Waals surface area (Å²) in [6.45, 7) is 2.16. The van der Waals surface area contributed by atoms with Crippen molar-refractivity contribution in [1.29, 1.82) is 0 Å². The minimum atomic E-state index is -0.798. The zero-order chi connectivity index (χ0) is 19.9. The molecule has 2 aromatic rings. The smallest absolute Gasteiger partial charge is 0.153 e. The highest BCUT2D eigenvalue weighted by molar-refractivity contribution is 7.78. The first kappa shape index (κ1) is 19.9. The molecule has 0 aliphatic heterocycles. The fourth-order valence-electron chi connectivity index (χ4n) is 3.04. The average Bonchev–Trinajstić information content (AvgIpc) is 2.69. The van der Waals surface area contributed by atoms with Crippen LogP contribution in [0.5, 0.6) is 0 Å². The van der Waals surface area contributed by atoms with Crippen molar-refractivity contribution in [3.63, 3.8) is 0 Å². The minimum Gasteiger partial charge on any atom is -0.204 e. The molecule has 0 N–H and O–H groups in total. The van der Waals surface area contributed by atoms with E-state index in [-0.39, 0.29) is 5.56 Å². The van der Waals surface area contributed by atoms with E-state index < -0.39 is 17.3 Å². The molecule has 0 saturated carbocycles. The predicted octanol–water partition coefficient (Wildman–Crippen LogP) is 6.89. The summed E-state index contributed by atoms with van der Waals surface area (Å²) in [4.78, 5) is 3.40. The molecule has 1 nitrogen and oxygen atoms in total. The maximum Gasteiger partial charge on any atom is 0.153 e. The van der Waals surface area contributed by atoms with Gasteiger partial charge < -0.3 is 0 Å². The largest absolute Gasteiger partial charge is 0.204 e. The molecule has 1 aliphatic carbocycles. The van der Waals surface area contributed by atoms with Crippen LogP contribution >= 0.6 is 12.2 Å². The summed E-state index contributed by atoms with van der Waals surface area (Å²) < 4.78 is 27.8. The van der Waals surface area contributed by atoms with Crippen molar-refractivity contribution in [2.75, 3.05) is 0 Å². The zero-order valence-corrected chi connectivity index (χ0v) is 16.4. The van der Waals surface area contributed by atoms with Crippen molar-refractivity contribution in [3.8, 4) is 11.8 Å². The average molecular weight is 391 g/mol. The van der Waals surface area contributed by atoms with Gasteiger partial charge in [-0.15, -0.1) is 0 Å². The molecule has 0 spiro atoms. The van der Waals surface area contributed by atoms with E-state index in [2.05, 4.69) is 66.3 Å². The van der Waals surface area contributed by atoms with Crippen LogP contribution in [0, 0.1) is 23.5 Å². The van der Waals surface area contributed by atoms with Crippen LogP contribution in [0.25, 0.3) is 12.2 Å². The summed E-state index contributed by atoms with van der Waals surface area (Å²) in [5.74, 6) is 4.29. The van der Waals surface area contributed by atoms with Crippen LogP contribution < -0.4 is 0 Å². The summed E-state index contributed by atoms with van der Waals surface area (Å²) in [6.07, 6.45) is 10.3. The van der Waals surface area contributed by atoms with Gasteiger partial charge in [0.05, 0.1) is 5.16 Å². The first-order chi connectivity index (χ1) is 13.6. The Hall–Kier alpha value is -2.86. The molecular weight excluding hydrogens is 372 g/mol. The number of halogens is 2. The normalized spacial score (nSPS) is 12.6. The number of nitrogens with zero attached hydrogens (tertiary/aromatic N) is 1. The van der Waals surface area contributed by atoms with Crippen LogP contribution in [-0.2, 0) is 6.42 Å². The van der Waals surface area contributed by atoms with Crippen LogP contribution in [-0.4, -0.2) is 5.16 Å². The molecule has 2 aromatic carbocycles. The van der Waals surface area contributed by atoms with Crippen molar-refractivity contribution in [1.82, 2.24) is 0 Å². The minimum absolute atomic E-state index is 0.265. The number of aryl methyl sites for hydroxylation is 1. The second kappa shape index (κ2) is 9.37. The molecule has 4 heteroatoms. The molecule has 0 aromatic heterocycles. The van der Waals surface area contributed by atoms with E-state index in [0.717, 1.165) is 49.0 Å². The van der Waals surface area contributed by atoms with E-state index >= 15 is 0 Å². The van der Waals surface area contributed by atoms with E-state index in [1.165, 1.54) is 11.1 Å². The highest BCUT2D eigenvalue weighted by Gasteiger charge is 2.11. The van der Waals surface area contributed by atoms with Crippen molar-refractivity contribution < 1.29 is 8.78 Å². The highest BCUT2D eigenvalue weighted by atomic mass is 32.1. The van der Waals surface area contributed by atoms with Gasteiger partial charge in [-0.2, -0.15) is 4.99 Å². The van der Waals surface area contributed by atoms with E-state index in [4.69, 9.17) is 0 Å². The standard InChI is InChI=1S/C24H19F2NS/c1-2-3-4-5-17-8-10-21-13-18(9-11-20(21)12-17)6-7-19-14-22(25)24(27-16-28)23(26)15-19/h4-5,8,10,12-15H,2-3,9,11H2,1H3/b5-4+. The lowest BCUT2D eigenvalue weighted by molar-refractivity contribution is 0.587. The van der Waals surface area contributed by atoms with E-state index in [1.807, 2.05) is 11.2 Å². The third-order valence-corrected chi connectivity index (χ3v) is 4.56. The van der Waals surface area contributed by atoms with Gasteiger partial charge in [0.15, 0.2) is 11.6 Å². The molecule has 0 unspecified atom stereocenters. The lowest BCUT2D eigenvalue weighted by atomic mass is 9.91. The van der Waals surface area contributed by atoms with E-state index in [1.54, 1.807) is 0 Å². The van der Waals surface area contributed by atoms with Gasteiger partial charge in [0.25, 0.3) is 0 Å². The molecule has 0 atom stereocenters. The summed E-state index contributed by atoms with van der Waals surface area (Å²) in [6, 6.07) is 8.72. The van der Waals surface area contributed by atoms with Gasteiger partial charge in [-0.1, -0.05) is 55.5 Å². The number of allylic oxidation sites excluding steroid dienone is 2. The number of isothiocyanates is 1. The van der Waals surface area contributed by atoms with Gasteiger partial charge in [0, 0.05) is 11.1 Å². The highest BCUT2D eigenvalue weighted by Crippen LogP contribution is 2.26. The van der Waals surface area contributed by atoms with Gasteiger partial charge in [0.2, 0.25) is 0 Å². The van der Waals surface area contributed by atoms with Gasteiger partial charge in [0.1, 0.15) is 5.69 Å². The molecule has 0 radical (unpaired) electrons. The molecule has 0 saturated heterocycles. The second-order valence-corrected chi connectivity index (χ2v) is 6.74. The fraction of sp³-hybridized carbons (Fsp3) is 0.208. The zero-order valence-electron chi connectivity index (χ0n) is 15.6. The molecule has 0 heterocycles. The number of fused-ring (bicyclic) bond motifs is 1. The third kappa shape index (κ3) is 4.89. The Morgan fingerprint density at radius 2 is 1.89 bits per heavy atom. The summed E-state index contributed by atoms with van der Waals surface area (Å²) in [5, 5.41) is 1.98. The van der Waals surface area contributed by atoms with Gasteiger partial charge in [-0.3, -0.25) is 0 Å². The van der Waals surface area contributed by atoms with Crippen LogP contribution in [0.1, 0.15) is 48.4 Å². The van der Waals surface area contributed by atoms with E-state index in [9.17, 15) is 8.78 Å². The number of rotatable bonds is 4. The summed E-state index contributed by atoms with van der Waals surface area (Å²) in [5.41, 5.74) is 4.43. The van der Waals surface area contributed by atoms with Crippen molar-refractivity contribution in [2.45, 2.75) is 32.6 Å². The lowest BCUT2D eigenvalue weighted by Gasteiger charge is -2.14. The monoisotopic (exact) mass is 391 g/mol. The number of hydrogen-bond acceptors (Lipinski definition) is 2. The van der Waals surface area contributed by atoms with Crippen LogP contribution in [0.15, 0.2) is 47.0 Å². The molecule has 0 amide bonds. The molecular formula is C24H19F2NS. The molecule has 1 aliphatic rings. The van der Waals surface area contributed by atoms with Crippen LogP contribution in [0.3, 0.4) is 0 Å². The van der Waals surface area contributed by atoms with Crippen LogP contribution in [0.2, 0.25) is 0 Å². The Morgan fingerprint density at radius 1 is 1.11 bits per heavy atom. The van der Waals surface area contributed by atoms with Crippen LogP contribution in [0.4, 0.5) is 14.5 Å². The summed E-state index contributed by atoms with van der Waals surface area (Å²) in [7, 11) is 0. The number of benzene rings is 2. The van der Waals surface area contributed by atoms with Gasteiger partial charge in [-0.05, 0) is 66.4 Å². The Labute approximate surface area is 169 Å². The van der Waals surface area contributed by atoms with Crippen molar-refractivity contribution in [3.05, 3.63) is 75.9 Å². The van der Waals surface area contributed by atoms with Crippen molar-refractivity contribution in [2.24, 2.45) is 4.99 Å². The fourth-order valence-corrected chi connectivity index (χ4v) is 3.13.